The molecule has 0 aliphatic rings. The lowest BCUT2D eigenvalue weighted by atomic mass is 10.1. The van der Waals surface area contributed by atoms with Gasteiger partial charge in [-0.15, -0.1) is 13.2 Å². The van der Waals surface area contributed by atoms with Crippen LogP contribution in [-0.4, -0.2) is 18.9 Å². The Morgan fingerprint density at radius 3 is 2.58 bits per heavy atom. The lowest BCUT2D eigenvalue weighted by Crippen LogP contribution is -2.18. The Morgan fingerprint density at radius 2 is 2.11 bits per heavy atom. The molecule has 0 saturated heterocycles. The highest BCUT2D eigenvalue weighted by molar-refractivity contribution is 9.10. The third-order valence-electron chi connectivity index (χ3n) is 1.91. The van der Waals surface area contributed by atoms with Gasteiger partial charge in [0.2, 0.25) is 0 Å². The van der Waals surface area contributed by atoms with Gasteiger partial charge in [-0.25, -0.2) is 4.79 Å². The van der Waals surface area contributed by atoms with E-state index < -0.39 is 18.1 Å². The molecule has 0 N–H and O–H groups in total. The Balaban J connectivity index is 3.26. The zero-order valence-corrected chi connectivity index (χ0v) is 11.1. The van der Waals surface area contributed by atoms with Gasteiger partial charge in [0.1, 0.15) is 11.8 Å². The van der Waals surface area contributed by atoms with Crippen LogP contribution in [0.15, 0.2) is 16.6 Å². The summed E-state index contributed by atoms with van der Waals surface area (Å²) in [6.45, 7) is 1.57. The van der Waals surface area contributed by atoms with Crippen LogP contribution in [0.2, 0.25) is 0 Å². The average Bonchev–Trinajstić information content (AvgIpc) is 2.29. The Kier molecular flexibility index (Phi) is 4.78. The SMILES string of the molecule is CCOC(=O)c1cc(OC(F)(F)F)c(Br)cc1C#N. The quantitative estimate of drug-likeness (QED) is 0.793. The van der Waals surface area contributed by atoms with E-state index >= 15 is 0 Å². The summed E-state index contributed by atoms with van der Waals surface area (Å²) in [7, 11) is 0. The largest absolute Gasteiger partial charge is 0.573 e. The second kappa shape index (κ2) is 5.93. The highest BCUT2D eigenvalue weighted by Gasteiger charge is 2.32. The first-order valence-electron chi connectivity index (χ1n) is 4.95. The normalized spacial score (nSPS) is 10.7. The van der Waals surface area contributed by atoms with Crippen LogP contribution < -0.4 is 4.74 Å². The molecule has 0 aromatic heterocycles. The summed E-state index contributed by atoms with van der Waals surface area (Å²) in [5.74, 6) is -1.51. The fourth-order valence-corrected chi connectivity index (χ4v) is 1.65. The molecular formula is C11H7BrF3NO3. The van der Waals surface area contributed by atoms with Crippen LogP contribution in [0.4, 0.5) is 13.2 Å². The van der Waals surface area contributed by atoms with Crippen molar-refractivity contribution in [1.29, 1.82) is 5.26 Å². The van der Waals surface area contributed by atoms with Crippen molar-refractivity contribution in [2.45, 2.75) is 13.3 Å². The van der Waals surface area contributed by atoms with Gasteiger partial charge < -0.3 is 9.47 Å². The predicted octanol–water partition coefficient (Wildman–Crippen LogP) is 3.40. The molecule has 0 bridgehead atoms. The molecule has 0 aliphatic carbocycles. The van der Waals surface area contributed by atoms with E-state index in [1.165, 1.54) is 6.92 Å². The number of halogens is 4. The second-order valence-corrected chi connectivity index (χ2v) is 4.06. The van der Waals surface area contributed by atoms with Crippen LogP contribution in [0.1, 0.15) is 22.8 Å². The zero-order chi connectivity index (χ0) is 14.6. The van der Waals surface area contributed by atoms with E-state index in [0.717, 1.165) is 12.1 Å². The number of benzene rings is 1. The molecule has 102 valence electrons. The third kappa shape index (κ3) is 4.13. The number of rotatable bonds is 3. The molecular weight excluding hydrogens is 331 g/mol. The first-order chi connectivity index (χ1) is 8.78. The molecule has 1 rings (SSSR count). The Hall–Kier alpha value is -1.75. The number of carbonyl (C=O) groups excluding carboxylic acids is 1. The topological polar surface area (TPSA) is 59.3 Å². The van der Waals surface area contributed by atoms with Gasteiger partial charge >= 0.3 is 12.3 Å². The third-order valence-corrected chi connectivity index (χ3v) is 2.53. The molecule has 0 atom stereocenters. The standard InChI is InChI=1S/C11H7BrF3NO3/c1-2-18-10(17)7-4-9(19-11(13,14)15)8(12)3-6(7)5-16/h3-4H,2H2,1H3. The Bertz CT molecular complexity index is 537. The summed E-state index contributed by atoms with van der Waals surface area (Å²) in [6, 6.07) is 3.57. The molecule has 0 saturated carbocycles. The highest BCUT2D eigenvalue weighted by Crippen LogP contribution is 2.33. The van der Waals surface area contributed by atoms with E-state index in [1.54, 1.807) is 6.07 Å². The van der Waals surface area contributed by atoms with Crippen molar-refractivity contribution in [1.82, 2.24) is 0 Å². The maximum Gasteiger partial charge on any atom is 0.573 e. The van der Waals surface area contributed by atoms with E-state index in [9.17, 15) is 18.0 Å². The van der Waals surface area contributed by atoms with Gasteiger partial charge in [-0.05, 0) is 35.0 Å². The van der Waals surface area contributed by atoms with Gasteiger partial charge in [-0.3, -0.25) is 0 Å². The van der Waals surface area contributed by atoms with Crippen molar-refractivity contribution in [3.05, 3.63) is 27.7 Å². The summed E-state index contributed by atoms with van der Waals surface area (Å²) >= 11 is 2.83. The van der Waals surface area contributed by atoms with Crippen LogP contribution in [-0.2, 0) is 4.74 Å². The molecule has 0 amide bonds. The molecule has 0 radical (unpaired) electrons. The molecule has 4 nitrogen and oxygen atoms in total. The number of esters is 1. The number of nitrogens with zero attached hydrogens (tertiary/aromatic N) is 1. The van der Waals surface area contributed by atoms with E-state index in [2.05, 4.69) is 25.4 Å². The molecule has 19 heavy (non-hydrogen) atoms. The van der Waals surface area contributed by atoms with E-state index in [0.29, 0.717) is 0 Å². The fourth-order valence-electron chi connectivity index (χ4n) is 1.23. The average molecular weight is 338 g/mol. The molecule has 8 heteroatoms. The number of carbonyl (C=O) groups is 1. The lowest BCUT2D eigenvalue weighted by molar-refractivity contribution is -0.274. The van der Waals surface area contributed by atoms with Gasteiger partial charge in [0.25, 0.3) is 0 Å². The maximum absolute atomic E-state index is 12.2. The van der Waals surface area contributed by atoms with Crippen LogP contribution in [0.25, 0.3) is 0 Å². The Labute approximate surface area is 114 Å². The minimum Gasteiger partial charge on any atom is -0.462 e. The van der Waals surface area contributed by atoms with Gasteiger partial charge in [-0.1, -0.05) is 0 Å². The highest BCUT2D eigenvalue weighted by atomic mass is 79.9. The zero-order valence-electron chi connectivity index (χ0n) is 9.55. The summed E-state index contributed by atoms with van der Waals surface area (Å²) < 4.78 is 44.8. The molecule has 0 unspecified atom stereocenters. The number of alkyl halides is 3. The van der Waals surface area contributed by atoms with E-state index in [1.807, 2.05) is 0 Å². The summed E-state index contributed by atoms with van der Waals surface area (Å²) in [5, 5.41) is 8.84. The fraction of sp³-hybridized carbons (Fsp3) is 0.273. The smallest absolute Gasteiger partial charge is 0.462 e. The Morgan fingerprint density at radius 1 is 1.47 bits per heavy atom. The monoisotopic (exact) mass is 337 g/mol. The van der Waals surface area contributed by atoms with Crippen molar-refractivity contribution in [3.8, 4) is 11.8 Å². The first kappa shape index (κ1) is 15.3. The number of hydrogen-bond acceptors (Lipinski definition) is 4. The van der Waals surface area contributed by atoms with Crippen LogP contribution in [0.3, 0.4) is 0 Å². The van der Waals surface area contributed by atoms with Crippen LogP contribution in [0, 0.1) is 11.3 Å². The van der Waals surface area contributed by atoms with Crippen molar-refractivity contribution < 1.29 is 27.4 Å². The lowest BCUT2D eigenvalue weighted by Gasteiger charge is -2.12. The predicted molar refractivity (Wildman–Crippen MR) is 61.5 cm³/mol. The second-order valence-electron chi connectivity index (χ2n) is 3.21. The molecule has 0 heterocycles. The van der Waals surface area contributed by atoms with Gasteiger partial charge in [0, 0.05) is 0 Å². The minimum absolute atomic E-state index is 0.0369. The number of ether oxygens (including phenoxy) is 2. The molecule has 0 spiro atoms. The van der Waals surface area contributed by atoms with Crippen molar-refractivity contribution in [2.75, 3.05) is 6.61 Å². The number of nitriles is 1. The van der Waals surface area contributed by atoms with Gasteiger partial charge in [0.15, 0.2) is 0 Å². The van der Waals surface area contributed by atoms with Gasteiger partial charge in [0.05, 0.1) is 22.2 Å². The van der Waals surface area contributed by atoms with E-state index in [4.69, 9.17) is 5.26 Å². The van der Waals surface area contributed by atoms with Crippen molar-refractivity contribution >= 4 is 21.9 Å². The molecule has 1 aromatic carbocycles. The summed E-state index contributed by atoms with van der Waals surface area (Å²) in [5.41, 5.74) is -0.397. The van der Waals surface area contributed by atoms with Crippen LogP contribution in [0.5, 0.6) is 5.75 Å². The first-order valence-corrected chi connectivity index (χ1v) is 5.74. The van der Waals surface area contributed by atoms with Gasteiger partial charge in [-0.2, -0.15) is 5.26 Å². The maximum atomic E-state index is 12.2. The molecule has 0 fully saturated rings. The summed E-state index contributed by atoms with van der Waals surface area (Å²) in [4.78, 5) is 11.5. The summed E-state index contributed by atoms with van der Waals surface area (Å²) in [6.07, 6.45) is -4.90. The molecule has 1 aromatic rings. The van der Waals surface area contributed by atoms with Crippen molar-refractivity contribution in [2.24, 2.45) is 0 Å². The number of hydrogen-bond donors (Lipinski definition) is 0. The van der Waals surface area contributed by atoms with Crippen LogP contribution >= 0.6 is 15.9 Å². The van der Waals surface area contributed by atoms with Crippen molar-refractivity contribution in [3.63, 3.8) is 0 Å². The minimum atomic E-state index is -4.90. The van der Waals surface area contributed by atoms with E-state index in [-0.39, 0.29) is 22.2 Å². The molecule has 0 aliphatic heterocycles.